The lowest BCUT2D eigenvalue weighted by molar-refractivity contribution is 0.250. The Morgan fingerprint density at radius 1 is 0.730 bits per heavy atom. The molecule has 4 aromatic carbocycles. The number of ether oxygens (including phenoxy) is 1. The van der Waals surface area contributed by atoms with Gasteiger partial charge in [-0.3, -0.25) is 4.90 Å². The SMILES string of the molecule is Cc1ccc(NC(=O)N(CCNC(=O)Nc2ccccc2C)c2ccc(Oc3ccccc3)cc2)cc1. The molecule has 4 rings (SSSR count). The number of hydrogen-bond donors (Lipinski definition) is 3. The van der Waals surface area contributed by atoms with Crippen LogP contribution in [0, 0.1) is 13.8 Å². The molecule has 4 amide bonds. The molecule has 3 N–H and O–H groups in total. The number of aryl methyl sites for hydroxylation is 2. The Morgan fingerprint density at radius 2 is 1.38 bits per heavy atom. The number of amides is 4. The number of urea groups is 2. The van der Waals surface area contributed by atoms with Crippen molar-refractivity contribution in [2.75, 3.05) is 28.6 Å². The third-order valence-corrected chi connectivity index (χ3v) is 5.69. The molecule has 0 aliphatic carbocycles. The van der Waals surface area contributed by atoms with Crippen molar-refractivity contribution in [1.29, 1.82) is 0 Å². The molecule has 0 aromatic heterocycles. The van der Waals surface area contributed by atoms with Crippen LogP contribution in [0.4, 0.5) is 26.7 Å². The molecule has 0 aliphatic heterocycles. The molecule has 0 saturated heterocycles. The van der Waals surface area contributed by atoms with Gasteiger partial charge in [0.25, 0.3) is 0 Å². The molecule has 0 atom stereocenters. The summed E-state index contributed by atoms with van der Waals surface area (Å²) >= 11 is 0. The van der Waals surface area contributed by atoms with Gasteiger partial charge in [-0.25, -0.2) is 9.59 Å². The molecule has 0 unspecified atom stereocenters. The predicted molar refractivity (Wildman–Crippen MR) is 149 cm³/mol. The van der Waals surface area contributed by atoms with Crippen molar-refractivity contribution in [1.82, 2.24) is 5.32 Å². The van der Waals surface area contributed by atoms with Crippen LogP contribution >= 0.6 is 0 Å². The highest BCUT2D eigenvalue weighted by Gasteiger charge is 2.17. The maximum absolute atomic E-state index is 13.2. The van der Waals surface area contributed by atoms with Gasteiger partial charge in [0.05, 0.1) is 0 Å². The van der Waals surface area contributed by atoms with E-state index in [1.165, 1.54) is 0 Å². The predicted octanol–water partition coefficient (Wildman–Crippen LogP) is 6.96. The number of hydrogen-bond acceptors (Lipinski definition) is 3. The second-order valence-electron chi connectivity index (χ2n) is 8.55. The lowest BCUT2D eigenvalue weighted by atomic mass is 10.2. The zero-order valence-electron chi connectivity index (χ0n) is 20.9. The molecule has 7 nitrogen and oxygen atoms in total. The van der Waals surface area contributed by atoms with Gasteiger partial charge >= 0.3 is 12.1 Å². The van der Waals surface area contributed by atoms with Crippen molar-refractivity contribution in [2.24, 2.45) is 0 Å². The Balaban J connectivity index is 1.43. The number of para-hydroxylation sites is 2. The minimum atomic E-state index is -0.334. The molecule has 0 fully saturated rings. The fourth-order valence-electron chi connectivity index (χ4n) is 3.66. The summed E-state index contributed by atoms with van der Waals surface area (Å²) in [5.74, 6) is 1.39. The van der Waals surface area contributed by atoms with Crippen LogP contribution in [0.15, 0.2) is 103 Å². The van der Waals surface area contributed by atoms with Crippen molar-refractivity contribution in [3.05, 3.63) is 114 Å². The Kier molecular flexibility index (Phi) is 8.39. The number of benzene rings is 4. The maximum Gasteiger partial charge on any atom is 0.326 e. The van der Waals surface area contributed by atoms with E-state index in [1.807, 2.05) is 117 Å². The number of nitrogens with one attached hydrogen (secondary N) is 3. The van der Waals surface area contributed by atoms with Crippen LogP contribution in [-0.4, -0.2) is 25.2 Å². The molecule has 0 aliphatic rings. The third kappa shape index (κ3) is 7.35. The monoisotopic (exact) mass is 494 g/mol. The summed E-state index contributed by atoms with van der Waals surface area (Å²) in [5, 5.41) is 8.61. The smallest absolute Gasteiger partial charge is 0.326 e. The third-order valence-electron chi connectivity index (χ3n) is 5.69. The largest absolute Gasteiger partial charge is 0.457 e. The highest BCUT2D eigenvalue weighted by Crippen LogP contribution is 2.25. The molecule has 0 saturated carbocycles. The molecular formula is C30H30N4O3. The van der Waals surface area contributed by atoms with Crippen LogP contribution in [0.3, 0.4) is 0 Å². The summed E-state index contributed by atoms with van der Waals surface area (Å²) in [5.41, 5.74) is 4.17. The van der Waals surface area contributed by atoms with E-state index in [4.69, 9.17) is 4.74 Å². The standard InChI is InChI=1S/C30H30N4O3/c1-22-12-14-24(15-13-22)32-30(36)34(21-20-31-29(35)33-28-11-7-6-8-23(28)2)25-16-18-27(19-17-25)37-26-9-4-3-5-10-26/h3-19H,20-21H2,1-2H3,(H,32,36)(H2,31,33,35). The second kappa shape index (κ2) is 12.3. The normalized spacial score (nSPS) is 10.3. The quantitative estimate of drug-likeness (QED) is 0.248. The molecule has 37 heavy (non-hydrogen) atoms. The first-order chi connectivity index (χ1) is 18.0. The van der Waals surface area contributed by atoms with Crippen LogP contribution < -0.4 is 25.6 Å². The first kappa shape index (κ1) is 25.3. The fourth-order valence-corrected chi connectivity index (χ4v) is 3.66. The van der Waals surface area contributed by atoms with Crippen LogP contribution in [-0.2, 0) is 0 Å². The van der Waals surface area contributed by atoms with Gasteiger partial charge in [-0.1, -0.05) is 54.1 Å². The van der Waals surface area contributed by atoms with E-state index in [1.54, 1.807) is 4.90 Å². The molecule has 0 heterocycles. The zero-order valence-corrected chi connectivity index (χ0v) is 20.9. The molecule has 0 spiro atoms. The number of carbonyl (C=O) groups is 2. The highest BCUT2D eigenvalue weighted by atomic mass is 16.5. The Labute approximate surface area is 217 Å². The van der Waals surface area contributed by atoms with E-state index < -0.39 is 0 Å². The van der Waals surface area contributed by atoms with E-state index in [2.05, 4.69) is 16.0 Å². The first-order valence-electron chi connectivity index (χ1n) is 12.1. The zero-order chi connectivity index (χ0) is 26.0. The van der Waals surface area contributed by atoms with E-state index in [0.29, 0.717) is 17.1 Å². The topological polar surface area (TPSA) is 82.7 Å². The number of carbonyl (C=O) groups excluding carboxylic acids is 2. The molecular weight excluding hydrogens is 464 g/mol. The van der Waals surface area contributed by atoms with Crippen molar-refractivity contribution in [3.63, 3.8) is 0 Å². The van der Waals surface area contributed by atoms with Crippen LogP contribution in [0.1, 0.15) is 11.1 Å². The van der Waals surface area contributed by atoms with E-state index in [-0.39, 0.29) is 25.2 Å². The van der Waals surface area contributed by atoms with E-state index >= 15 is 0 Å². The lowest BCUT2D eigenvalue weighted by Crippen LogP contribution is -2.42. The Bertz CT molecular complexity index is 1320. The van der Waals surface area contributed by atoms with Gasteiger partial charge in [-0.05, 0) is 74.0 Å². The summed E-state index contributed by atoms with van der Waals surface area (Å²) in [4.78, 5) is 27.3. The van der Waals surface area contributed by atoms with Crippen LogP contribution in [0.2, 0.25) is 0 Å². The molecule has 4 aromatic rings. The van der Waals surface area contributed by atoms with Crippen molar-refractivity contribution >= 4 is 29.1 Å². The van der Waals surface area contributed by atoms with Crippen molar-refractivity contribution in [3.8, 4) is 11.5 Å². The van der Waals surface area contributed by atoms with Gasteiger partial charge in [-0.2, -0.15) is 0 Å². The number of nitrogens with zero attached hydrogens (tertiary/aromatic N) is 1. The van der Waals surface area contributed by atoms with E-state index in [0.717, 1.165) is 22.6 Å². The Hall–Kier alpha value is -4.78. The van der Waals surface area contributed by atoms with Gasteiger partial charge in [0.15, 0.2) is 0 Å². The second-order valence-corrected chi connectivity index (χ2v) is 8.55. The summed E-state index contributed by atoms with van der Waals surface area (Å²) in [6.07, 6.45) is 0. The minimum Gasteiger partial charge on any atom is -0.457 e. The summed E-state index contributed by atoms with van der Waals surface area (Å²) in [6, 6.07) is 31.3. The average Bonchev–Trinajstić information content (AvgIpc) is 2.90. The number of anilines is 3. The lowest BCUT2D eigenvalue weighted by Gasteiger charge is -2.24. The Morgan fingerprint density at radius 3 is 2.08 bits per heavy atom. The van der Waals surface area contributed by atoms with Crippen LogP contribution in [0.25, 0.3) is 0 Å². The molecule has 188 valence electrons. The van der Waals surface area contributed by atoms with Gasteiger partial charge < -0.3 is 20.7 Å². The van der Waals surface area contributed by atoms with Gasteiger partial charge in [0.1, 0.15) is 11.5 Å². The summed E-state index contributed by atoms with van der Waals surface area (Å²) in [7, 11) is 0. The summed E-state index contributed by atoms with van der Waals surface area (Å²) < 4.78 is 5.87. The molecule has 0 radical (unpaired) electrons. The first-order valence-corrected chi connectivity index (χ1v) is 12.1. The number of rotatable bonds is 8. The van der Waals surface area contributed by atoms with Crippen LogP contribution in [0.5, 0.6) is 11.5 Å². The minimum absolute atomic E-state index is 0.251. The molecule has 7 heteroatoms. The fraction of sp³-hybridized carbons (Fsp3) is 0.133. The highest BCUT2D eigenvalue weighted by molar-refractivity contribution is 6.02. The summed E-state index contributed by atoms with van der Waals surface area (Å²) in [6.45, 7) is 4.43. The maximum atomic E-state index is 13.2. The van der Waals surface area contributed by atoms with Crippen molar-refractivity contribution in [2.45, 2.75) is 13.8 Å². The molecule has 0 bridgehead atoms. The van der Waals surface area contributed by atoms with Gasteiger partial charge in [0, 0.05) is 30.2 Å². The van der Waals surface area contributed by atoms with E-state index in [9.17, 15) is 9.59 Å². The van der Waals surface area contributed by atoms with Gasteiger partial charge in [0.2, 0.25) is 0 Å². The van der Waals surface area contributed by atoms with Crippen molar-refractivity contribution < 1.29 is 14.3 Å². The van der Waals surface area contributed by atoms with Gasteiger partial charge in [-0.15, -0.1) is 0 Å². The average molecular weight is 495 g/mol.